The minimum Gasteiger partial charge on any atom is -0.323 e. The number of nitrogens with zero attached hydrogens (tertiary/aromatic N) is 2. The molecule has 0 saturated heterocycles. The number of non-ortho nitro benzene ring substituents is 1. The Hall–Kier alpha value is -1.91. The molecule has 0 aliphatic carbocycles. The summed E-state index contributed by atoms with van der Waals surface area (Å²) in [5.74, 6) is 5.39. The predicted octanol–water partition coefficient (Wildman–Crippen LogP) is 1.91. The Kier molecular flexibility index (Phi) is 3.38. The van der Waals surface area contributed by atoms with E-state index in [1.807, 2.05) is 13.8 Å². The Balaban J connectivity index is 3.15. The molecule has 1 aromatic carbocycles. The number of hydrazone groups is 1. The molecule has 0 atom stereocenters. The molecule has 0 amide bonds. The lowest BCUT2D eigenvalue weighted by Gasteiger charge is -2.08. The highest BCUT2D eigenvalue weighted by Crippen LogP contribution is 2.16. The van der Waals surface area contributed by atoms with Crippen LogP contribution in [0.2, 0.25) is 0 Å². The summed E-state index contributed by atoms with van der Waals surface area (Å²) in [6.45, 7) is 3.87. The highest BCUT2D eigenvalue weighted by molar-refractivity contribution is 6.02. The maximum absolute atomic E-state index is 10.6. The molecule has 15 heavy (non-hydrogen) atoms. The zero-order chi connectivity index (χ0) is 11.4. The molecule has 0 radical (unpaired) electrons. The van der Waals surface area contributed by atoms with Gasteiger partial charge in [0, 0.05) is 17.7 Å². The van der Waals surface area contributed by atoms with Gasteiger partial charge in [0.25, 0.3) is 5.69 Å². The second-order valence-corrected chi connectivity index (χ2v) is 3.48. The van der Waals surface area contributed by atoms with Gasteiger partial charge < -0.3 is 5.84 Å². The van der Waals surface area contributed by atoms with Gasteiger partial charge >= 0.3 is 0 Å². The lowest BCUT2D eigenvalue weighted by atomic mass is 10.00. The second-order valence-electron chi connectivity index (χ2n) is 3.48. The molecule has 0 spiro atoms. The van der Waals surface area contributed by atoms with E-state index in [-0.39, 0.29) is 11.6 Å². The fourth-order valence-electron chi connectivity index (χ4n) is 1.34. The topological polar surface area (TPSA) is 81.5 Å². The molecule has 1 aromatic rings. The molecule has 0 aliphatic heterocycles. The summed E-state index contributed by atoms with van der Waals surface area (Å²) in [7, 11) is 0. The average Bonchev–Trinajstić information content (AvgIpc) is 2.18. The Morgan fingerprint density at radius 1 is 1.53 bits per heavy atom. The van der Waals surface area contributed by atoms with Crippen LogP contribution < -0.4 is 5.84 Å². The van der Waals surface area contributed by atoms with Crippen LogP contribution in [0.3, 0.4) is 0 Å². The molecule has 0 saturated carbocycles. The summed E-state index contributed by atoms with van der Waals surface area (Å²) >= 11 is 0. The van der Waals surface area contributed by atoms with Gasteiger partial charge in [0.2, 0.25) is 0 Å². The molecule has 0 aliphatic rings. The van der Waals surface area contributed by atoms with Crippen molar-refractivity contribution in [1.29, 1.82) is 0 Å². The van der Waals surface area contributed by atoms with Crippen LogP contribution in [0.25, 0.3) is 0 Å². The smallest absolute Gasteiger partial charge is 0.270 e. The Morgan fingerprint density at radius 3 is 2.67 bits per heavy atom. The van der Waals surface area contributed by atoms with E-state index >= 15 is 0 Å². The van der Waals surface area contributed by atoms with E-state index in [1.165, 1.54) is 12.1 Å². The van der Waals surface area contributed by atoms with Crippen LogP contribution in [0.5, 0.6) is 0 Å². The molecule has 0 aromatic heterocycles. The van der Waals surface area contributed by atoms with Gasteiger partial charge in [-0.15, -0.1) is 0 Å². The van der Waals surface area contributed by atoms with Crippen molar-refractivity contribution in [3.63, 3.8) is 0 Å². The lowest BCUT2D eigenvalue weighted by Crippen LogP contribution is -2.12. The molecular weight excluding hydrogens is 194 g/mol. The summed E-state index contributed by atoms with van der Waals surface area (Å²) in [5.41, 5.74) is 1.41. The first kappa shape index (κ1) is 11.2. The van der Waals surface area contributed by atoms with E-state index in [0.717, 1.165) is 0 Å². The zero-order valence-corrected chi connectivity index (χ0v) is 8.68. The quantitative estimate of drug-likeness (QED) is 0.355. The minimum atomic E-state index is -0.433. The summed E-state index contributed by atoms with van der Waals surface area (Å²) in [6, 6.07) is 6.31. The Labute approximate surface area is 87.7 Å². The van der Waals surface area contributed by atoms with Crippen molar-refractivity contribution in [3.05, 3.63) is 39.9 Å². The summed E-state index contributed by atoms with van der Waals surface area (Å²) < 4.78 is 0. The molecule has 80 valence electrons. The normalized spacial score (nSPS) is 11.8. The molecule has 1 rings (SSSR count). The third kappa shape index (κ3) is 2.52. The minimum absolute atomic E-state index is 0.0503. The molecule has 5 heteroatoms. The van der Waals surface area contributed by atoms with E-state index < -0.39 is 4.92 Å². The largest absolute Gasteiger partial charge is 0.323 e. The standard InChI is InChI=1S/C10H13N3O2/c1-7(2)10(12-11)8-4-3-5-9(6-8)13(14)15/h3-7H,11H2,1-2H3/b12-10+. The lowest BCUT2D eigenvalue weighted by molar-refractivity contribution is -0.384. The second kappa shape index (κ2) is 4.54. The van der Waals surface area contributed by atoms with Crippen LogP contribution >= 0.6 is 0 Å². The van der Waals surface area contributed by atoms with Crippen molar-refractivity contribution in [1.82, 2.24) is 0 Å². The Morgan fingerprint density at radius 2 is 2.20 bits per heavy atom. The average molecular weight is 207 g/mol. The van der Waals surface area contributed by atoms with Gasteiger partial charge in [0.1, 0.15) is 0 Å². The van der Waals surface area contributed by atoms with Gasteiger partial charge in [0.15, 0.2) is 0 Å². The van der Waals surface area contributed by atoms with Gasteiger partial charge in [-0.1, -0.05) is 26.0 Å². The van der Waals surface area contributed by atoms with Crippen molar-refractivity contribution in [2.24, 2.45) is 16.9 Å². The highest BCUT2D eigenvalue weighted by Gasteiger charge is 2.12. The molecule has 2 N–H and O–H groups in total. The number of hydrogen-bond acceptors (Lipinski definition) is 4. The summed E-state index contributed by atoms with van der Waals surface area (Å²) in [6.07, 6.45) is 0. The summed E-state index contributed by atoms with van der Waals surface area (Å²) in [5, 5.41) is 14.2. The zero-order valence-electron chi connectivity index (χ0n) is 8.68. The first-order valence-electron chi connectivity index (χ1n) is 4.59. The van der Waals surface area contributed by atoms with E-state index in [2.05, 4.69) is 5.10 Å². The van der Waals surface area contributed by atoms with E-state index in [9.17, 15) is 10.1 Å². The molecular formula is C10H13N3O2. The van der Waals surface area contributed by atoms with Crippen LogP contribution in [0.15, 0.2) is 29.4 Å². The van der Waals surface area contributed by atoms with Crippen molar-refractivity contribution in [3.8, 4) is 0 Å². The Bertz CT molecular complexity index is 399. The maximum Gasteiger partial charge on any atom is 0.270 e. The number of nitro groups is 1. The molecule has 0 unspecified atom stereocenters. The maximum atomic E-state index is 10.6. The van der Waals surface area contributed by atoms with Crippen LogP contribution in [-0.4, -0.2) is 10.6 Å². The van der Waals surface area contributed by atoms with Crippen LogP contribution in [0.1, 0.15) is 19.4 Å². The summed E-state index contributed by atoms with van der Waals surface area (Å²) in [4.78, 5) is 10.1. The molecule has 0 fully saturated rings. The number of rotatable bonds is 3. The molecule has 0 heterocycles. The number of nitro benzene ring substituents is 1. The fourth-order valence-corrected chi connectivity index (χ4v) is 1.34. The van der Waals surface area contributed by atoms with Gasteiger partial charge in [-0.25, -0.2) is 0 Å². The molecule has 5 nitrogen and oxygen atoms in total. The van der Waals surface area contributed by atoms with Crippen molar-refractivity contribution >= 4 is 11.4 Å². The third-order valence-corrected chi connectivity index (χ3v) is 2.04. The predicted molar refractivity (Wildman–Crippen MR) is 58.7 cm³/mol. The molecule has 0 bridgehead atoms. The fraction of sp³-hybridized carbons (Fsp3) is 0.300. The number of hydrogen-bond donors (Lipinski definition) is 1. The SMILES string of the molecule is CC(C)/C(=N\N)c1cccc([N+](=O)[O-])c1. The van der Waals surface area contributed by atoms with E-state index in [0.29, 0.717) is 11.3 Å². The number of benzene rings is 1. The van der Waals surface area contributed by atoms with Gasteiger partial charge in [-0.2, -0.15) is 5.10 Å². The van der Waals surface area contributed by atoms with Gasteiger partial charge in [-0.3, -0.25) is 10.1 Å². The van der Waals surface area contributed by atoms with Crippen LogP contribution in [0, 0.1) is 16.0 Å². The van der Waals surface area contributed by atoms with E-state index in [1.54, 1.807) is 12.1 Å². The first-order valence-corrected chi connectivity index (χ1v) is 4.59. The van der Waals surface area contributed by atoms with Crippen molar-refractivity contribution in [2.75, 3.05) is 0 Å². The van der Waals surface area contributed by atoms with Gasteiger partial charge in [-0.05, 0) is 5.92 Å². The van der Waals surface area contributed by atoms with Crippen molar-refractivity contribution < 1.29 is 4.92 Å². The highest BCUT2D eigenvalue weighted by atomic mass is 16.6. The van der Waals surface area contributed by atoms with Crippen LogP contribution in [-0.2, 0) is 0 Å². The first-order chi connectivity index (χ1) is 7.06. The number of nitrogens with two attached hydrogens (primary N) is 1. The van der Waals surface area contributed by atoms with Crippen LogP contribution in [0.4, 0.5) is 5.69 Å². The third-order valence-electron chi connectivity index (χ3n) is 2.04. The van der Waals surface area contributed by atoms with Crippen molar-refractivity contribution in [2.45, 2.75) is 13.8 Å². The monoisotopic (exact) mass is 207 g/mol. The van der Waals surface area contributed by atoms with E-state index in [4.69, 9.17) is 5.84 Å². The van der Waals surface area contributed by atoms with Gasteiger partial charge in [0.05, 0.1) is 10.6 Å².